The normalized spacial score (nSPS) is 12.0. The van der Waals surface area contributed by atoms with Gasteiger partial charge in [-0.2, -0.15) is 0 Å². The molecule has 0 aliphatic heterocycles. The van der Waals surface area contributed by atoms with Crippen LogP contribution in [0.4, 0.5) is 14.5 Å². The molecule has 0 fully saturated rings. The first-order chi connectivity index (χ1) is 9.97. The number of nitrogens with one attached hydrogen (secondary N) is 1. The van der Waals surface area contributed by atoms with Crippen LogP contribution in [0.2, 0.25) is 5.02 Å². The van der Waals surface area contributed by atoms with Gasteiger partial charge in [0.2, 0.25) is 5.91 Å². The Morgan fingerprint density at radius 2 is 1.95 bits per heavy atom. The summed E-state index contributed by atoms with van der Waals surface area (Å²) in [5.74, 6) is -1.88. The molecule has 1 amide bonds. The summed E-state index contributed by atoms with van der Waals surface area (Å²) in [7, 11) is 0. The number of amides is 1. The molecule has 21 heavy (non-hydrogen) atoms. The van der Waals surface area contributed by atoms with Crippen molar-refractivity contribution in [2.24, 2.45) is 0 Å². The minimum Gasteiger partial charge on any atom is -0.323 e. The van der Waals surface area contributed by atoms with Crippen LogP contribution in [-0.4, -0.2) is 11.2 Å². The van der Waals surface area contributed by atoms with Crippen molar-refractivity contribution in [1.29, 1.82) is 0 Å². The van der Waals surface area contributed by atoms with E-state index in [-0.39, 0.29) is 11.6 Å². The maximum Gasteiger partial charge on any atom is 0.237 e. The first kappa shape index (κ1) is 15.8. The molecular formula is C15H12ClF2NOS. The average Bonchev–Trinajstić information content (AvgIpc) is 2.44. The molecule has 0 aliphatic carbocycles. The van der Waals surface area contributed by atoms with Gasteiger partial charge < -0.3 is 5.32 Å². The molecule has 6 heteroatoms. The molecule has 1 N–H and O–H groups in total. The highest BCUT2D eigenvalue weighted by Crippen LogP contribution is 2.30. The van der Waals surface area contributed by atoms with Crippen LogP contribution in [0, 0.1) is 11.6 Å². The van der Waals surface area contributed by atoms with Gasteiger partial charge in [-0.05, 0) is 31.2 Å². The summed E-state index contributed by atoms with van der Waals surface area (Å²) in [5.41, 5.74) is -0.0481. The first-order valence-electron chi connectivity index (χ1n) is 6.14. The number of carbonyl (C=O) groups is 1. The Balaban J connectivity index is 2.04. The molecule has 2 nitrogen and oxygen atoms in total. The van der Waals surface area contributed by atoms with Crippen molar-refractivity contribution in [2.75, 3.05) is 5.32 Å². The van der Waals surface area contributed by atoms with Crippen LogP contribution >= 0.6 is 23.4 Å². The SMILES string of the molecule is CC(Sc1ccccc1Cl)C(=O)Nc1ccc(F)cc1F. The van der Waals surface area contributed by atoms with Crippen LogP contribution in [0.1, 0.15) is 6.92 Å². The van der Waals surface area contributed by atoms with E-state index < -0.39 is 16.9 Å². The highest BCUT2D eigenvalue weighted by molar-refractivity contribution is 8.00. The van der Waals surface area contributed by atoms with E-state index in [9.17, 15) is 13.6 Å². The third-order valence-electron chi connectivity index (χ3n) is 2.70. The molecule has 0 saturated heterocycles. The number of hydrogen-bond donors (Lipinski definition) is 1. The van der Waals surface area contributed by atoms with E-state index in [0.29, 0.717) is 5.02 Å². The Hall–Kier alpha value is -1.59. The number of anilines is 1. The zero-order chi connectivity index (χ0) is 15.4. The molecular weight excluding hydrogens is 316 g/mol. The van der Waals surface area contributed by atoms with E-state index in [1.807, 2.05) is 6.07 Å². The Bertz CT molecular complexity index is 666. The molecule has 0 aromatic heterocycles. The molecule has 0 bridgehead atoms. The smallest absolute Gasteiger partial charge is 0.237 e. The van der Waals surface area contributed by atoms with Gasteiger partial charge >= 0.3 is 0 Å². The van der Waals surface area contributed by atoms with Gasteiger partial charge in [0.25, 0.3) is 0 Å². The minimum absolute atomic E-state index is 0.0481. The number of halogens is 3. The number of thioether (sulfide) groups is 1. The van der Waals surface area contributed by atoms with Crippen molar-refractivity contribution < 1.29 is 13.6 Å². The second kappa shape index (κ2) is 6.91. The highest BCUT2D eigenvalue weighted by atomic mass is 35.5. The predicted octanol–water partition coefficient (Wildman–Crippen LogP) is 4.74. The van der Waals surface area contributed by atoms with E-state index >= 15 is 0 Å². The van der Waals surface area contributed by atoms with Crippen molar-refractivity contribution in [3.8, 4) is 0 Å². The molecule has 0 aliphatic rings. The molecule has 0 spiro atoms. The number of rotatable bonds is 4. The second-order valence-electron chi connectivity index (χ2n) is 4.30. The van der Waals surface area contributed by atoms with E-state index in [1.165, 1.54) is 17.8 Å². The summed E-state index contributed by atoms with van der Waals surface area (Å²) in [6, 6.07) is 10.1. The van der Waals surface area contributed by atoms with Crippen molar-refractivity contribution >= 4 is 35.0 Å². The van der Waals surface area contributed by atoms with Crippen LogP contribution < -0.4 is 5.32 Å². The lowest BCUT2D eigenvalue weighted by atomic mass is 10.3. The zero-order valence-electron chi connectivity index (χ0n) is 11.1. The van der Waals surface area contributed by atoms with Crippen LogP contribution in [0.15, 0.2) is 47.4 Å². The van der Waals surface area contributed by atoms with Gasteiger partial charge in [-0.25, -0.2) is 8.78 Å². The van der Waals surface area contributed by atoms with E-state index in [0.717, 1.165) is 17.0 Å². The molecule has 1 unspecified atom stereocenters. The Labute approximate surface area is 130 Å². The monoisotopic (exact) mass is 327 g/mol. The molecule has 0 radical (unpaired) electrons. The summed E-state index contributed by atoms with van der Waals surface area (Å²) in [6.45, 7) is 1.69. The average molecular weight is 328 g/mol. The summed E-state index contributed by atoms with van der Waals surface area (Å²) in [6.07, 6.45) is 0. The quantitative estimate of drug-likeness (QED) is 0.822. The van der Waals surface area contributed by atoms with Gasteiger partial charge in [-0.3, -0.25) is 4.79 Å². The Kier molecular flexibility index (Phi) is 5.20. The zero-order valence-corrected chi connectivity index (χ0v) is 12.6. The summed E-state index contributed by atoms with van der Waals surface area (Å²) < 4.78 is 26.3. The van der Waals surface area contributed by atoms with Crippen LogP contribution in [0.3, 0.4) is 0 Å². The van der Waals surface area contributed by atoms with E-state index in [4.69, 9.17) is 11.6 Å². The Morgan fingerprint density at radius 3 is 2.62 bits per heavy atom. The van der Waals surface area contributed by atoms with E-state index in [1.54, 1.807) is 25.1 Å². The van der Waals surface area contributed by atoms with Crippen LogP contribution in [0.5, 0.6) is 0 Å². The van der Waals surface area contributed by atoms with Gasteiger partial charge in [-0.15, -0.1) is 11.8 Å². The summed E-state index contributed by atoms with van der Waals surface area (Å²) in [5, 5.41) is 2.51. The lowest BCUT2D eigenvalue weighted by Crippen LogP contribution is -2.23. The van der Waals surface area contributed by atoms with Crippen molar-refractivity contribution in [3.05, 3.63) is 59.1 Å². The first-order valence-corrected chi connectivity index (χ1v) is 7.40. The number of benzene rings is 2. The predicted molar refractivity (Wildman–Crippen MR) is 81.8 cm³/mol. The van der Waals surface area contributed by atoms with Gasteiger partial charge in [-0.1, -0.05) is 23.7 Å². The van der Waals surface area contributed by atoms with Crippen molar-refractivity contribution in [2.45, 2.75) is 17.1 Å². The maximum atomic E-state index is 13.5. The van der Waals surface area contributed by atoms with Gasteiger partial charge in [0.05, 0.1) is 16.0 Å². The third kappa shape index (κ3) is 4.19. The standard InChI is InChI=1S/C15H12ClF2NOS/c1-9(21-14-5-3-2-4-11(14)16)15(20)19-13-7-6-10(17)8-12(13)18/h2-9H,1H3,(H,19,20). The fourth-order valence-electron chi connectivity index (χ4n) is 1.61. The molecule has 2 aromatic carbocycles. The summed E-state index contributed by atoms with van der Waals surface area (Å²) >= 11 is 7.29. The minimum atomic E-state index is -0.807. The molecule has 0 saturated carbocycles. The summed E-state index contributed by atoms with van der Waals surface area (Å²) in [4.78, 5) is 12.8. The van der Waals surface area contributed by atoms with E-state index in [2.05, 4.69) is 5.32 Å². The number of carbonyl (C=O) groups excluding carboxylic acids is 1. The van der Waals surface area contributed by atoms with Crippen LogP contribution in [-0.2, 0) is 4.79 Å². The lowest BCUT2D eigenvalue weighted by molar-refractivity contribution is -0.115. The number of hydrogen-bond acceptors (Lipinski definition) is 2. The molecule has 110 valence electrons. The second-order valence-corrected chi connectivity index (χ2v) is 6.09. The van der Waals surface area contributed by atoms with Gasteiger partial charge in [0, 0.05) is 11.0 Å². The lowest BCUT2D eigenvalue weighted by Gasteiger charge is -2.13. The fourth-order valence-corrected chi connectivity index (χ4v) is 2.76. The largest absolute Gasteiger partial charge is 0.323 e. The van der Waals surface area contributed by atoms with Crippen molar-refractivity contribution in [1.82, 2.24) is 0 Å². The topological polar surface area (TPSA) is 29.1 Å². The Morgan fingerprint density at radius 1 is 1.24 bits per heavy atom. The molecule has 2 rings (SSSR count). The van der Waals surface area contributed by atoms with Gasteiger partial charge in [0.15, 0.2) is 0 Å². The third-order valence-corrected chi connectivity index (χ3v) is 4.32. The van der Waals surface area contributed by atoms with Crippen molar-refractivity contribution in [3.63, 3.8) is 0 Å². The fraction of sp³-hybridized carbons (Fsp3) is 0.133. The van der Waals surface area contributed by atoms with Crippen LogP contribution in [0.25, 0.3) is 0 Å². The molecule has 2 aromatic rings. The molecule has 0 heterocycles. The van der Waals surface area contributed by atoms with Gasteiger partial charge in [0.1, 0.15) is 11.6 Å². The highest BCUT2D eigenvalue weighted by Gasteiger charge is 2.17. The maximum absolute atomic E-state index is 13.5. The molecule has 1 atom stereocenters.